The molecule has 0 fully saturated rings. The predicted octanol–water partition coefficient (Wildman–Crippen LogP) is 1.11. The number of hydrogen-bond acceptors (Lipinski definition) is 2. The molecule has 5 heteroatoms. The molecule has 0 unspecified atom stereocenters. The van der Waals surface area contributed by atoms with E-state index in [9.17, 15) is 0 Å². The zero-order valence-electron chi connectivity index (χ0n) is 6.92. The Hall–Kier alpha value is -1.10. The van der Waals surface area contributed by atoms with Crippen molar-refractivity contribution in [3.8, 4) is 0 Å². The first-order valence-corrected chi connectivity index (χ1v) is 4.27. The molecule has 1 rings (SSSR count). The first-order chi connectivity index (χ1) is 5.83. The van der Waals surface area contributed by atoms with E-state index >= 15 is 0 Å². The Labute approximate surface area is 76.7 Å². The summed E-state index contributed by atoms with van der Waals surface area (Å²) in [7, 11) is 0. The van der Waals surface area contributed by atoms with Crippen LogP contribution >= 0.6 is 12.2 Å². The molecule has 4 nitrogen and oxygen atoms in total. The van der Waals surface area contributed by atoms with Crippen molar-refractivity contribution in [1.82, 2.24) is 15.5 Å². The Morgan fingerprint density at radius 1 is 1.75 bits per heavy atom. The molecule has 1 heterocycles. The van der Waals surface area contributed by atoms with Gasteiger partial charge < -0.3 is 10.6 Å². The van der Waals surface area contributed by atoms with Gasteiger partial charge in [-0.05, 0) is 18.6 Å². The maximum Gasteiger partial charge on any atom is 0.170 e. The lowest BCUT2D eigenvalue weighted by Crippen LogP contribution is -2.28. The zero-order chi connectivity index (χ0) is 8.81. The van der Waals surface area contributed by atoms with Gasteiger partial charge >= 0.3 is 0 Å². The van der Waals surface area contributed by atoms with Crippen LogP contribution in [0, 0.1) is 0 Å². The summed E-state index contributed by atoms with van der Waals surface area (Å²) in [6.45, 7) is 2.98. The largest absolute Gasteiger partial charge is 0.362 e. The van der Waals surface area contributed by atoms with Gasteiger partial charge in [0.1, 0.15) is 0 Å². The van der Waals surface area contributed by atoms with Crippen LogP contribution in [-0.4, -0.2) is 21.9 Å². The summed E-state index contributed by atoms with van der Waals surface area (Å²) in [5.41, 5.74) is 0.878. The maximum absolute atomic E-state index is 5.00. The van der Waals surface area contributed by atoms with Gasteiger partial charge in [-0.1, -0.05) is 6.92 Å². The molecule has 0 saturated carbocycles. The average Bonchev–Trinajstić information content (AvgIpc) is 2.53. The third-order valence-electron chi connectivity index (χ3n) is 1.29. The smallest absolute Gasteiger partial charge is 0.170 e. The normalized spacial score (nSPS) is 9.42. The molecule has 0 amide bonds. The third kappa shape index (κ3) is 2.87. The molecule has 0 spiro atoms. The number of anilines is 1. The second-order valence-electron chi connectivity index (χ2n) is 2.37. The van der Waals surface area contributed by atoms with E-state index in [1.54, 1.807) is 12.4 Å². The molecular formula is C7H12N4S. The van der Waals surface area contributed by atoms with E-state index in [2.05, 4.69) is 27.8 Å². The van der Waals surface area contributed by atoms with Crippen LogP contribution in [-0.2, 0) is 0 Å². The van der Waals surface area contributed by atoms with Crippen LogP contribution in [0.15, 0.2) is 12.4 Å². The Morgan fingerprint density at radius 2 is 2.58 bits per heavy atom. The van der Waals surface area contributed by atoms with Crippen LogP contribution in [0.1, 0.15) is 13.3 Å². The number of nitrogens with one attached hydrogen (secondary N) is 3. The summed E-state index contributed by atoms with van der Waals surface area (Å²) < 4.78 is 0. The van der Waals surface area contributed by atoms with Gasteiger partial charge in [0, 0.05) is 12.7 Å². The zero-order valence-corrected chi connectivity index (χ0v) is 7.74. The Kier molecular flexibility index (Phi) is 3.53. The van der Waals surface area contributed by atoms with E-state index in [-0.39, 0.29) is 0 Å². The molecule has 12 heavy (non-hydrogen) atoms. The molecule has 66 valence electrons. The van der Waals surface area contributed by atoms with E-state index in [1.807, 2.05) is 0 Å². The second kappa shape index (κ2) is 4.71. The van der Waals surface area contributed by atoms with Gasteiger partial charge in [0.15, 0.2) is 5.11 Å². The van der Waals surface area contributed by atoms with Crippen molar-refractivity contribution in [1.29, 1.82) is 0 Å². The standard InChI is InChI=1S/C7H12N4S/c1-2-3-8-7(12)11-6-4-9-10-5-6/h4-5H,2-3H2,1H3,(H,9,10)(H2,8,11,12). The fourth-order valence-electron chi connectivity index (χ4n) is 0.733. The average molecular weight is 184 g/mol. The number of aromatic nitrogens is 2. The first kappa shape index (κ1) is 8.99. The van der Waals surface area contributed by atoms with Crippen LogP contribution in [0.5, 0.6) is 0 Å². The highest BCUT2D eigenvalue weighted by molar-refractivity contribution is 7.80. The lowest BCUT2D eigenvalue weighted by atomic mass is 10.5. The summed E-state index contributed by atoms with van der Waals surface area (Å²) in [6.07, 6.45) is 4.49. The van der Waals surface area contributed by atoms with Crippen LogP contribution < -0.4 is 10.6 Å². The number of nitrogens with zero attached hydrogens (tertiary/aromatic N) is 1. The second-order valence-corrected chi connectivity index (χ2v) is 2.78. The molecule has 1 aromatic heterocycles. The quantitative estimate of drug-likeness (QED) is 0.616. The lowest BCUT2D eigenvalue weighted by Gasteiger charge is -2.06. The predicted molar refractivity (Wildman–Crippen MR) is 53.1 cm³/mol. The summed E-state index contributed by atoms with van der Waals surface area (Å²) in [5.74, 6) is 0. The highest BCUT2D eigenvalue weighted by Crippen LogP contribution is 1.99. The fraction of sp³-hybridized carbons (Fsp3) is 0.429. The van der Waals surface area contributed by atoms with E-state index < -0.39 is 0 Å². The molecule has 0 bridgehead atoms. The van der Waals surface area contributed by atoms with Crippen molar-refractivity contribution in [2.45, 2.75) is 13.3 Å². The van der Waals surface area contributed by atoms with Crippen molar-refractivity contribution < 1.29 is 0 Å². The van der Waals surface area contributed by atoms with Crippen molar-refractivity contribution in [3.63, 3.8) is 0 Å². The Balaban J connectivity index is 2.27. The van der Waals surface area contributed by atoms with Crippen LogP contribution in [0.3, 0.4) is 0 Å². The minimum absolute atomic E-state index is 0.637. The monoisotopic (exact) mass is 184 g/mol. The van der Waals surface area contributed by atoms with E-state index in [4.69, 9.17) is 12.2 Å². The van der Waals surface area contributed by atoms with E-state index in [0.29, 0.717) is 5.11 Å². The number of rotatable bonds is 3. The van der Waals surface area contributed by atoms with Gasteiger partial charge in [0.05, 0.1) is 11.9 Å². The molecule has 0 radical (unpaired) electrons. The van der Waals surface area contributed by atoms with Gasteiger partial charge in [0.2, 0.25) is 0 Å². The molecule has 0 aliphatic rings. The molecule has 0 aliphatic heterocycles. The minimum Gasteiger partial charge on any atom is -0.362 e. The summed E-state index contributed by atoms with van der Waals surface area (Å²) in [5, 5.41) is 13.1. The highest BCUT2D eigenvalue weighted by atomic mass is 32.1. The van der Waals surface area contributed by atoms with Crippen molar-refractivity contribution in [2.24, 2.45) is 0 Å². The molecule has 1 aromatic rings. The van der Waals surface area contributed by atoms with Crippen molar-refractivity contribution in [3.05, 3.63) is 12.4 Å². The van der Waals surface area contributed by atoms with Gasteiger partial charge in [-0.15, -0.1) is 0 Å². The van der Waals surface area contributed by atoms with Crippen LogP contribution in [0.2, 0.25) is 0 Å². The summed E-state index contributed by atoms with van der Waals surface area (Å²) in [4.78, 5) is 0. The van der Waals surface area contributed by atoms with Crippen LogP contribution in [0.4, 0.5) is 5.69 Å². The molecule has 0 atom stereocenters. The Morgan fingerprint density at radius 3 is 3.17 bits per heavy atom. The number of H-pyrrole nitrogens is 1. The Bertz CT molecular complexity index is 232. The van der Waals surface area contributed by atoms with Gasteiger partial charge in [0.25, 0.3) is 0 Å². The van der Waals surface area contributed by atoms with Crippen molar-refractivity contribution >= 4 is 23.0 Å². The molecule has 0 aliphatic carbocycles. The SMILES string of the molecule is CCCNC(=S)Nc1cn[nH]c1. The van der Waals surface area contributed by atoms with E-state index in [1.165, 1.54) is 0 Å². The molecule has 3 N–H and O–H groups in total. The summed E-state index contributed by atoms with van der Waals surface area (Å²) in [6, 6.07) is 0. The topological polar surface area (TPSA) is 52.7 Å². The minimum atomic E-state index is 0.637. The number of thiocarbonyl (C=S) groups is 1. The van der Waals surface area contributed by atoms with E-state index in [0.717, 1.165) is 18.7 Å². The van der Waals surface area contributed by atoms with Gasteiger partial charge in [-0.3, -0.25) is 5.10 Å². The number of aromatic amines is 1. The number of hydrogen-bond donors (Lipinski definition) is 3. The fourth-order valence-corrected chi connectivity index (χ4v) is 0.953. The van der Waals surface area contributed by atoms with Crippen molar-refractivity contribution in [2.75, 3.05) is 11.9 Å². The molecule has 0 saturated heterocycles. The van der Waals surface area contributed by atoms with Gasteiger partial charge in [-0.2, -0.15) is 5.10 Å². The highest BCUT2D eigenvalue weighted by Gasteiger charge is 1.95. The lowest BCUT2D eigenvalue weighted by molar-refractivity contribution is 0.846. The molecule has 0 aromatic carbocycles. The maximum atomic E-state index is 5.00. The first-order valence-electron chi connectivity index (χ1n) is 3.86. The third-order valence-corrected chi connectivity index (χ3v) is 1.54. The van der Waals surface area contributed by atoms with Gasteiger partial charge in [-0.25, -0.2) is 0 Å². The van der Waals surface area contributed by atoms with Crippen LogP contribution in [0.25, 0.3) is 0 Å². The summed E-state index contributed by atoms with van der Waals surface area (Å²) >= 11 is 5.00. The molecular weight excluding hydrogens is 172 g/mol.